The fourth-order valence-electron chi connectivity index (χ4n) is 1.73. The summed E-state index contributed by atoms with van der Waals surface area (Å²) in [5.41, 5.74) is 0. The van der Waals surface area contributed by atoms with Crippen LogP contribution in [0.15, 0.2) is 0 Å². The average molecular weight is 252 g/mol. The minimum atomic E-state index is -1.91. The zero-order chi connectivity index (χ0) is 11.9. The molecule has 0 unspecified atom stereocenters. The molecule has 0 radical (unpaired) electrons. The van der Waals surface area contributed by atoms with E-state index in [1.807, 2.05) is 27.7 Å². The fourth-order valence-corrected chi connectivity index (χ4v) is 5.60. The van der Waals surface area contributed by atoms with E-state index >= 15 is 0 Å². The lowest BCUT2D eigenvalue weighted by atomic mass is 10.6. The van der Waals surface area contributed by atoms with Crippen molar-refractivity contribution in [2.75, 3.05) is 37.0 Å². The van der Waals surface area contributed by atoms with Crippen LogP contribution in [0.5, 0.6) is 0 Å². The van der Waals surface area contributed by atoms with E-state index in [0.717, 1.165) is 43.4 Å². The SMILES string of the molecule is CCP(=O)(CC)CCCP(=O)(CC)CC. The van der Waals surface area contributed by atoms with Gasteiger partial charge in [-0.1, -0.05) is 27.7 Å². The number of hydrogen-bond acceptors (Lipinski definition) is 2. The van der Waals surface area contributed by atoms with Crippen LogP contribution in [0.1, 0.15) is 34.1 Å². The van der Waals surface area contributed by atoms with Gasteiger partial charge in [-0.15, -0.1) is 0 Å². The molecular weight excluding hydrogens is 226 g/mol. The third-order valence-electron chi connectivity index (χ3n) is 3.44. The summed E-state index contributed by atoms with van der Waals surface area (Å²) in [6.45, 7) is 8.01. The largest absolute Gasteiger partial charge is 0.324 e. The van der Waals surface area contributed by atoms with E-state index in [4.69, 9.17) is 0 Å². The molecule has 2 nitrogen and oxygen atoms in total. The Bertz CT molecular complexity index is 219. The average Bonchev–Trinajstić information content (AvgIpc) is 2.28. The van der Waals surface area contributed by atoms with E-state index in [-0.39, 0.29) is 0 Å². The molecule has 0 aromatic carbocycles. The van der Waals surface area contributed by atoms with Gasteiger partial charge >= 0.3 is 0 Å². The fraction of sp³-hybridized carbons (Fsp3) is 1.00. The maximum Gasteiger partial charge on any atom is 0.0872 e. The first-order chi connectivity index (χ1) is 6.95. The van der Waals surface area contributed by atoms with Gasteiger partial charge in [-0.05, 0) is 31.1 Å². The molecule has 4 heteroatoms. The Morgan fingerprint density at radius 1 is 0.667 bits per heavy atom. The summed E-state index contributed by atoms with van der Waals surface area (Å²) < 4.78 is 24.2. The molecule has 0 atom stereocenters. The summed E-state index contributed by atoms with van der Waals surface area (Å²) >= 11 is 0. The van der Waals surface area contributed by atoms with Gasteiger partial charge in [0, 0.05) is 12.3 Å². The first-order valence-electron chi connectivity index (χ1n) is 6.09. The second kappa shape index (κ2) is 6.92. The smallest absolute Gasteiger partial charge is 0.0872 e. The van der Waals surface area contributed by atoms with Crippen molar-refractivity contribution in [2.24, 2.45) is 0 Å². The van der Waals surface area contributed by atoms with E-state index < -0.39 is 14.3 Å². The summed E-state index contributed by atoms with van der Waals surface area (Å²) in [7, 11) is -3.82. The number of hydrogen-bond donors (Lipinski definition) is 0. The lowest BCUT2D eigenvalue weighted by Gasteiger charge is -2.17. The van der Waals surface area contributed by atoms with E-state index in [0.29, 0.717) is 0 Å². The highest BCUT2D eigenvalue weighted by Crippen LogP contribution is 2.49. The number of rotatable bonds is 8. The maximum atomic E-state index is 12.1. The Labute approximate surface area is 95.0 Å². The highest BCUT2D eigenvalue weighted by atomic mass is 31.2. The Morgan fingerprint density at radius 3 is 1.13 bits per heavy atom. The Kier molecular flexibility index (Phi) is 7.13. The molecule has 0 rings (SSSR count). The summed E-state index contributed by atoms with van der Waals surface area (Å²) in [6.07, 6.45) is 5.67. The van der Waals surface area contributed by atoms with Gasteiger partial charge in [-0.25, -0.2) is 0 Å². The summed E-state index contributed by atoms with van der Waals surface area (Å²) in [5, 5.41) is 0. The first kappa shape index (κ1) is 15.5. The van der Waals surface area contributed by atoms with E-state index in [2.05, 4.69) is 0 Å². The summed E-state index contributed by atoms with van der Waals surface area (Å²) in [6, 6.07) is 0. The van der Waals surface area contributed by atoms with Crippen LogP contribution in [-0.2, 0) is 9.13 Å². The van der Waals surface area contributed by atoms with E-state index in [1.54, 1.807) is 0 Å². The van der Waals surface area contributed by atoms with Gasteiger partial charge in [-0.2, -0.15) is 0 Å². The van der Waals surface area contributed by atoms with Gasteiger partial charge < -0.3 is 9.13 Å². The Morgan fingerprint density at radius 2 is 0.933 bits per heavy atom. The third kappa shape index (κ3) is 5.36. The maximum absolute atomic E-state index is 12.1. The molecule has 0 fully saturated rings. The lowest BCUT2D eigenvalue weighted by molar-refractivity contribution is 0.571. The zero-order valence-electron chi connectivity index (χ0n) is 10.7. The molecule has 0 saturated heterocycles. The van der Waals surface area contributed by atoms with Gasteiger partial charge in [-0.3, -0.25) is 0 Å². The van der Waals surface area contributed by atoms with Gasteiger partial charge in [0.1, 0.15) is 0 Å². The predicted octanol–water partition coefficient (Wildman–Crippen LogP) is 4.18. The van der Waals surface area contributed by atoms with Crippen molar-refractivity contribution in [3.63, 3.8) is 0 Å². The van der Waals surface area contributed by atoms with Crippen LogP contribution in [0, 0.1) is 0 Å². The summed E-state index contributed by atoms with van der Waals surface area (Å²) in [5.74, 6) is 0. The second-order valence-electron chi connectivity index (χ2n) is 4.18. The van der Waals surface area contributed by atoms with Crippen molar-refractivity contribution in [3.05, 3.63) is 0 Å². The zero-order valence-corrected chi connectivity index (χ0v) is 12.4. The van der Waals surface area contributed by atoms with Crippen molar-refractivity contribution < 1.29 is 9.13 Å². The quantitative estimate of drug-likeness (QED) is 0.607. The molecule has 0 saturated carbocycles. The van der Waals surface area contributed by atoms with Crippen molar-refractivity contribution in [1.29, 1.82) is 0 Å². The molecule has 15 heavy (non-hydrogen) atoms. The highest BCUT2D eigenvalue weighted by Gasteiger charge is 2.20. The Hall–Kier alpha value is 0.460. The summed E-state index contributed by atoms with van der Waals surface area (Å²) in [4.78, 5) is 0. The van der Waals surface area contributed by atoms with Crippen LogP contribution in [-0.4, -0.2) is 37.0 Å². The van der Waals surface area contributed by atoms with Crippen LogP contribution in [0.4, 0.5) is 0 Å². The van der Waals surface area contributed by atoms with Gasteiger partial charge in [0.25, 0.3) is 0 Å². The molecule has 0 heterocycles. The lowest BCUT2D eigenvalue weighted by Crippen LogP contribution is -2.01. The van der Waals surface area contributed by atoms with Crippen molar-refractivity contribution in [1.82, 2.24) is 0 Å². The molecule has 0 aliphatic heterocycles. The minimum absolute atomic E-state index is 0.796. The molecule has 0 aromatic heterocycles. The topological polar surface area (TPSA) is 34.1 Å². The van der Waals surface area contributed by atoms with Crippen LogP contribution >= 0.6 is 14.3 Å². The second-order valence-corrected chi connectivity index (χ2v) is 11.8. The van der Waals surface area contributed by atoms with Crippen molar-refractivity contribution >= 4 is 14.3 Å². The van der Waals surface area contributed by atoms with E-state index in [1.165, 1.54) is 0 Å². The molecule has 0 N–H and O–H groups in total. The molecule has 0 aromatic rings. The predicted molar refractivity (Wildman–Crippen MR) is 71.7 cm³/mol. The van der Waals surface area contributed by atoms with Crippen LogP contribution in [0.2, 0.25) is 0 Å². The van der Waals surface area contributed by atoms with Gasteiger partial charge in [0.15, 0.2) is 0 Å². The van der Waals surface area contributed by atoms with Crippen LogP contribution in [0.3, 0.4) is 0 Å². The van der Waals surface area contributed by atoms with E-state index in [9.17, 15) is 9.13 Å². The molecule has 0 amide bonds. The standard InChI is InChI=1S/C11H26O2P2/c1-5-14(12,6-2)10-9-11-15(13,7-3)8-4/h5-11H2,1-4H3. The normalized spacial score (nSPS) is 13.1. The minimum Gasteiger partial charge on any atom is -0.324 e. The molecule has 0 aliphatic rings. The van der Waals surface area contributed by atoms with Crippen molar-refractivity contribution in [3.8, 4) is 0 Å². The molecular formula is C11H26O2P2. The monoisotopic (exact) mass is 252 g/mol. The van der Waals surface area contributed by atoms with Gasteiger partial charge in [0.2, 0.25) is 0 Å². The molecule has 0 aliphatic carbocycles. The molecule has 92 valence electrons. The Balaban J connectivity index is 4.08. The molecule has 0 spiro atoms. The van der Waals surface area contributed by atoms with Crippen molar-refractivity contribution in [2.45, 2.75) is 34.1 Å². The van der Waals surface area contributed by atoms with Crippen LogP contribution in [0.25, 0.3) is 0 Å². The van der Waals surface area contributed by atoms with Gasteiger partial charge in [0.05, 0.1) is 14.3 Å². The first-order valence-corrected chi connectivity index (χ1v) is 10.6. The molecule has 0 bridgehead atoms. The highest BCUT2D eigenvalue weighted by molar-refractivity contribution is 7.64. The third-order valence-corrected chi connectivity index (χ3v) is 10.3. The van der Waals surface area contributed by atoms with Crippen LogP contribution < -0.4 is 0 Å².